The zero-order chi connectivity index (χ0) is 22.9. The number of carbonyl (C=O) groups is 2. The van der Waals surface area contributed by atoms with E-state index in [0.717, 1.165) is 50.3 Å². The van der Waals surface area contributed by atoms with Gasteiger partial charge < -0.3 is 25.4 Å². The minimum Gasteiger partial charge on any atom is -0.480 e. The predicted octanol–water partition coefficient (Wildman–Crippen LogP) is 2.61. The van der Waals surface area contributed by atoms with Crippen molar-refractivity contribution >= 4 is 17.7 Å². The second kappa shape index (κ2) is 12.2. The van der Waals surface area contributed by atoms with Crippen molar-refractivity contribution in [3.05, 3.63) is 23.4 Å². The van der Waals surface area contributed by atoms with Crippen LogP contribution in [0.5, 0.6) is 0 Å². The summed E-state index contributed by atoms with van der Waals surface area (Å²) in [5.41, 5.74) is 2.45. The molecule has 3 N–H and O–H groups in total. The quantitative estimate of drug-likeness (QED) is 0.377. The van der Waals surface area contributed by atoms with Gasteiger partial charge in [0.2, 0.25) is 5.91 Å². The molecule has 1 unspecified atom stereocenters. The molecular formula is C24H38N4O4. The third-order valence-electron chi connectivity index (χ3n) is 6.03. The van der Waals surface area contributed by atoms with E-state index < -0.39 is 12.0 Å². The lowest BCUT2D eigenvalue weighted by molar-refractivity contribution is -0.143. The van der Waals surface area contributed by atoms with Crippen molar-refractivity contribution in [2.75, 3.05) is 31.6 Å². The van der Waals surface area contributed by atoms with Gasteiger partial charge >= 0.3 is 5.97 Å². The van der Waals surface area contributed by atoms with Crippen LogP contribution in [0.1, 0.15) is 63.6 Å². The summed E-state index contributed by atoms with van der Waals surface area (Å²) >= 11 is 0. The number of carboxylic acid groups (broad SMARTS) is 1. The van der Waals surface area contributed by atoms with Crippen LogP contribution in [0.3, 0.4) is 0 Å². The summed E-state index contributed by atoms with van der Waals surface area (Å²) in [5.74, 6) is -0.323. The average Bonchev–Trinajstić information content (AvgIpc) is 3.61. The molecule has 178 valence electrons. The van der Waals surface area contributed by atoms with Crippen molar-refractivity contribution in [1.29, 1.82) is 0 Å². The van der Waals surface area contributed by atoms with E-state index in [-0.39, 0.29) is 18.6 Å². The highest BCUT2D eigenvalue weighted by Crippen LogP contribution is 2.27. The molecule has 1 aromatic rings. The number of amides is 1. The lowest BCUT2D eigenvalue weighted by Crippen LogP contribution is -2.45. The fourth-order valence-electron chi connectivity index (χ4n) is 4.08. The molecule has 0 bridgehead atoms. The number of unbranched alkanes of at least 4 members (excludes halogenated alkanes) is 1. The van der Waals surface area contributed by atoms with Gasteiger partial charge in [-0.2, -0.15) is 0 Å². The van der Waals surface area contributed by atoms with Gasteiger partial charge in [-0.3, -0.25) is 4.79 Å². The van der Waals surface area contributed by atoms with Gasteiger partial charge in [0.15, 0.2) is 0 Å². The molecule has 1 amide bonds. The van der Waals surface area contributed by atoms with Crippen molar-refractivity contribution in [3.63, 3.8) is 0 Å². The summed E-state index contributed by atoms with van der Waals surface area (Å²) in [7, 11) is 0. The molecular weight excluding hydrogens is 408 g/mol. The molecule has 0 aromatic carbocycles. The summed E-state index contributed by atoms with van der Waals surface area (Å²) in [6, 6.07) is 4.02. The predicted molar refractivity (Wildman–Crippen MR) is 124 cm³/mol. The molecule has 0 radical (unpaired) electrons. The number of nitrogens with one attached hydrogen (secondary N) is 2. The van der Waals surface area contributed by atoms with Crippen LogP contribution in [0, 0.1) is 0 Å². The highest BCUT2D eigenvalue weighted by Gasteiger charge is 2.30. The van der Waals surface area contributed by atoms with Crippen LogP contribution >= 0.6 is 0 Å². The van der Waals surface area contributed by atoms with Crippen LogP contribution in [0.2, 0.25) is 0 Å². The SMILES string of the molecule is CC(C)OCC(=O)NC(CCN(CCCCc1ccc2c(n1)NCCC2)C1CC1)C(=O)O. The Labute approximate surface area is 191 Å². The Balaban J connectivity index is 1.40. The van der Waals surface area contributed by atoms with E-state index in [1.165, 1.54) is 24.8 Å². The van der Waals surface area contributed by atoms with Crippen molar-refractivity contribution < 1.29 is 19.4 Å². The maximum Gasteiger partial charge on any atom is 0.326 e. The minimum absolute atomic E-state index is 0.0674. The second-order valence-electron chi connectivity index (χ2n) is 9.17. The van der Waals surface area contributed by atoms with E-state index in [2.05, 4.69) is 27.7 Å². The lowest BCUT2D eigenvalue weighted by atomic mass is 10.1. The first-order valence-electron chi connectivity index (χ1n) is 12.0. The standard InChI is InChI=1S/C24H38N4O4/c1-17(2)32-16-22(29)27-21(24(30)31)12-15-28(20-10-11-20)14-4-3-7-19-9-8-18-6-5-13-25-23(18)26-19/h8-9,17,20-21H,3-7,10-16H2,1-2H3,(H,25,26)(H,27,29)(H,30,31). The molecule has 1 aliphatic heterocycles. The Morgan fingerprint density at radius 1 is 1.28 bits per heavy atom. The molecule has 3 rings (SSSR count). The second-order valence-corrected chi connectivity index (χ2v) is 9.17. The molecule has 32 heavy (non-hydrogen) atoms. The van der Waals surface area contributed by atoms with E-state index in [1.807, 2.05) is 13.8 Å². The molecule has 2 aliphatic rings. The molecule has 8 heteroatoms. The Morgan fingerprint density at radius 2 is 2.09 bits per heavy atom. The summed E-state index contributed by atoms with van der Waals surface area (Å²) < 4.78 is 5.27. The molecule has 0 spiro atoms. The number of carboxylic acids is 1. The Bertz CT molecular complexity index is 766. The molecule has 8 nitrogen and oxygen atoms in total. The van der Waals surface area contributed by atoms with E-state index in [0.29, 0.717) is 19.0 Å². The Hall–Kier alpha value is -2.19. The fourth-order valence-corrected chi connectivity index (χ4v) is 4.08. The first kappa shape index (κ1) is 24.5. The van der Waals surface area contributed by atoms with Crippen molar-refractivity contribution in [1.82, 2.24) is 15.2 Å². The normalized spacial score (nSPS) is 16.5. The highest BCUT2D eigenvalue weighted by atomic mass is 16.5. The number of aryl methyl sites for hydroxylation is 2. The average molecular weight is 447 g/mol. The Kier molecular flexibility index (Phi) is 9.29. The van der Waals surface area contributed by atoms with Gasteiger partial charge in [0.05, 0.1) is 6.10 Å². The van der Waals surface area contributed by atoms with Crippen LogP contribution < -0.4 is 10.6 Å². The smallest absolute Gasteiger partial charge is 0.326 e. The molecule has 1 aromatic heterocycles. The molecule has 1 aliphatic carbocycles. The topological polar surface area (TPSA) is 104 Å². The summed E-state index contributed by atoms with van der Waals surface area (Å²) in [6.45, 7) is 6.20. The number of carbonyl (C=O) groups excluding carboxylic acids is 1. The molecule has 1 saturated carbocycles. The molecule has 1 atom stereocenters. The zero-order valence-corrected chi connectivity index (χ0v) is 19.4. The maximum atomic E-state index is 12.0. The lowest BCUT2D eigenvalue weighted by Gasteiger charge is -2.24. The highest BCUT2D eigenvalue weighted by molar-refractivity contribution is 5.84. The first-order chi connectivity index (χ1) is 15.4. The summed E-state index contributed by atoms with van der Waals surface area (Å²) in [4.78, 5) is 30.7. The van der Waals surface area contributed by atoms with E-state index >= 15 is 0 Å². The Morgan fingerprint density at radius 3 is 2.81 bits per heavy atom. The van der Waals surface area contributed by atoms with Gasteiger partial charge in [0.25, 0.3) is 0 Å². The monoisotopic (exact) mass is 446 g/mol. The van der Waals surface area contributed by atoms with Crippen LogP contribution in [0.25, 0.3) is 0 Å². The van der Waals surface area contributed by atoms with Crippen molar-refractivity contribution in [3.8, 4) is 0 Å². The number of nitrogens with zero attached hydrogens (tertiary/aromatic N) is 2. The third-order valence-corrected chi connectivity index (χ3v) is 6.03. The number of ether oxygens (including phenoxy) is 1. The van der Waals surface area contributed by atoms with E-state index in [1.54, 1.807) is 0 Å². The van der Waals surface area contributed by atoms with E-state index in [9.17, 15) is 14.7 Å². The largest absolute Gasteiger partial charge is 0.480 e. The summed E-state index contributed by atoms with van der Waals surface area (Å²) in [6.07, 6.45) is 8.01. The fraction of sp³-hybridized carbons (Fsp3) is 0.708. The van der Waals surface area contributed by atoms with Crippen molar-refractivity contribution in [2.24, 2.45) is 0 Å². The minimum atomic E-state index is -0.995. The number of anilines is 1. The van der Waals surface area contributed by atoms with E-state index in [4.69, 9.17) is 9.72 Å². The van der Waals surface area contributed by atoms with Gasteiger partial charge in [-0.25, -0.2) is 9.78 Å². The number of aromatic nitrogens is 1. The van der Waals surface area contributed by atoms with Crippen LogP contribution in [-0.4, -0.2) is 71.3 Å². The van der Waals surface area contributed by atoms with Gasteiger partial charge in [-0.15, -0.1) is 0 Å². The molecule has 1 fully saturated rings. The zero-order valence-electron chi connectivity index (χ0n) is 19.4. The number of fused-ring (bicyclic) bond motifs is 1. The summed E-state index contributed by atoms with van der Waals surface area (Å²) in [5, 5.41) is 15.5. The van der Waals surface area contributed by atoms with Gasteiger partial charge in [-0.05, 0) is 83.4 Å². The molecule has 2 heterocycles. The molecule has 0 saturated heterocycles. The number of pyridine rings is 1. The number of aliphatic carboxylic acids is 1. The number of rotatable bonds is 14. The van der Waals surface area contributed by atoms with Gasteiger partial charge in [0, 0.05) is 24.8 Å². The van der Waals surface area contributed by atoms with Crippen LogP contribution in [0.4, 0.5) is 5.82 Å². The van der Waals surface area contributed by atoms with Gasteiger partial charge in [-0.1, -0.05) is 6.07 Å². The third kappa shape index (κ3) is 8.06. The number of hydrogen-bond acceptors (Lipinski definition) is 6. The number of hydrogen-bond donors (Lipinski definition) is 3. The maximum absolute atomic E-state index is 12.0. The van der Waals surface area contributed by atoms with Crippen molar-refractivity contribution in [2.45, 2.75) is 83.4 Å². The van der Waals surface area contributed by atoms with Crippen LogP contribution in [-0.2, 0) is 27.2 Å². The van der Waals surface area contributed by atoms with Crippen LogP contribution in [0.15, 0.2) is 12.1 Å². The van der Waals surface area contributed by atoms with Gasteiger partial charge in [0.1, 0.15) is 18.5 Å². The first-order valence-corrected chi connectivity index (χ1v) is 12.0.